The van der Waals surface area contributed by atoms with Crippen LogP contribution in [0.25, 0.3) is 0 Å². The van der Waals surface area contributed by atoms with Gasteiger partial charge in [0.05, 0.1) is 6.54 Å². The Hall–Kier alpha value is -2.18. The van der Waals surface area contributed by atoms with E-state index in [1.165, 1.54) is 23.2 Å². The molecule has 2 atom stereocenters. The van der Waals surface area contributed by atoms with Gasteiger partial charge in [0.2, 0.25) is 11.8 Å². The van der Waals surface area contributed by atoms with Gasteiger partial charge in [-0.15, -0.1) is 11.3 Å². The summed E-state index contributed by atoms with van der Waals surface area (Å²) >= 11 is 1.44. The molecule has 1 aliphatic heterocycles. The molecule has 3 rings (SSSR count). The van der Waals surface area contributed by atoms with E-state index in [0.717, 1.165) is 16.1 Å². The third-order valence-corrected chi connectivity index (χ3v) is 5.40. The molecule has 2 amide bonds. The lowest BCUT2D eigenvalue weighted by atomic mass is 10.0. The third kappa shape index (κ3) is 3.07. The van der Waals surface area contributed by atoms with E-state index in [1.807, 2.05) is 41.8 Å². The minimum atomic E-state index is -1.13. The number of anilines is 1. The van der Waals surface area contributed by atoms with E-state index in [-0.39, 0.29) is 18.4 Å². The molecule has 1 aromatic heterocycles. The number of rotatable bonds is 4. The van der Waals surface area contributed by atoms with Crippen LogP contribution in [0.2, 0.25) is 0 Å². The van der Waals surface area contributed by atoms with Crippen molar-refractivity contribution >= 4 is 28.8 Å². The second-order valence-electron chi connectivity index (χ2n) is 6.21. The molecule has 126 valence electrons. The number of hydrogen-bond acceptors (Lipinski definition) is 4. The fraction of sp³-hybridized carbons (Fsp3) is 0.333. The van der Waals surface area contributed by atoms with Crippen molar-refractivity contribution in [2.45, 2.75) is 31.9 Å². The van der Waals surface area contributed by atoms with Crippen molar-refractivity contribution in [3.63, 3.8) is 0 Å². The number of hydrogen-bond donors (Lipinski definition) is 2. The second-order valence-corrected chi connectivity index (χ2v) is 7.15. The maximum absolute atomic E-state index is 12.6. The summed E-state index contributed by atoms with van der Waals surface area (Å²) in [5, 5.41) is 15.2. The Morgan fingerprint density at radius 2 is 2.08 bits per heavy atom. The summed E-state index contributed by atoms with van der Waals surface area (Å²) in [7, 11) is 0. The zero-order valence-corrected chi connectivity index (χ0v) is 14.5. The van der Waals surface area contributed by atoms with Crippen LogP contribution >= 0.6 is 11.3 Å². The number of fused-ring (bicyclic) bond motifs is 1. The zero-order valence-electron chi connectivity index (χ0n) is 13.7. The zero-order chi connectivity index (χ0) is 17.3. The second kappa shape index (κ2) is 6.37. The van der Waals surface area contributed by atoms with Gasteiger partial charge in [-0.05, 0) is 30.0 Å². The Bertz CT molecular complexity index is 755. The average Bonchev–Trinajstić information content (AvgIpc) is 3.20. The molecule has 2 N–H and O–H groups in total. The first kappa shape index (κ1) is 16.7. The molecule has 0 radical (unpaired) electrons. The Morgan fingerprint density at radius 1 is 1.33 bits per heavy atom. The molecule has 0 spiro atoms. The highest BCUT2D eigenvalue weighted by molar-refractivity contribution is 7.10. The van der Waals surface area contributed by atoms with Crippen LogP contribution in [0, 0.1) is 0 Å². The van der Waals surface area contributed by atoms with Crippen LogP contribution in [0.15, 0.2) is 41.8 Å². The summed E-state index contributed by atoms with van der Waals surface area (Å²) in [5.74, 6) is -0.414. The molecule has 24 heavy (non-hydrogen) atoms. The van der Waals surface area contributed by atoms with E-state index in [2.05, 4.69) is 5.32 Å². The standard InChI is InChI=1S/C18H20N2O3S/c1-12(21)20-14-7-4-3-6-13(14)10-15(20)17(22)19-11-18(2,23)16-8-5-9-24-16/h3-9,15,23H,10-11H2,1-2H3,(H,19,22)/t15-,18?/m0/s1. The van der Waals surface area contributed by atoms with Crippen LogP contribution in [0.5, 0.6) is 0 Å². The van der Waals surface area contributed by atoms with Gasteiger partial charge in [-0.25, -0.2) is 0 Å². The van der Waals surface area contributed by atoms with Gasteiger partial charge in [0, 0.05) is 23.9 Å². The van der Waals surface area contributed by atoms with Gasteiger partial charge in [-0.2, -0.15) is 0 Å². The van der Waals surface area contributed by atoms with Crippen molar-refractivity contribution in [1.82, 2.24) is 5.32 Å². The van der Waals surface area contributed by atoms with Gasteiger partial charge in [0.1, 0.15) is 11.6 Å². The Labute approximate surface area is 144 Å². The minimum Gasteiger partial charge on any atom is -0.383 e. The quantitative estimate of drug-likeness (QED) is 0.892. The summed E-state index contributed by atoms with van der Waals surface area (Å²) in [6, 6.07) is 10.7. The number of amides is 2. The fourth-order valence-corrected chi connectivity index (χ4v) is 3.82. The molecule has 1 aliphatic rings. The SMILES string of the molecule is CC(=O)N1c2ccccc2C[C@H]1C(=O)NCC(C)(O)c1cccs1. The number of carbonyl (C=O) groups is 2. The van der Waals surface area contributed by atoms with Crippen LogP contribution in [0.1, 0.15) is 24.3 Å². The number of nitrogens with zero attached hydrogens (tertiary/aromatic N) is 1. The van der Waals surface area contributed by atoms with E-state index >= 15 is 0 Å². The van der Waals surface area contributed by atoms with Crippen LogP contribution < -0.4 is 10.2 Å². The number of nitrogens with one attached hydrogen (secondary N) is 1. The minimum absolute atomic E-state index is 0.102. The van der Waals surface area contributed by atoms with Crippen molar-refractivity contribution in [3.8, 4) is 0 Å². The maximum atomic E-state index is 12.6. The van der Waals surface area contributed by atoms with Gasteiger partial charge in [-0.3, -0.25) is 14.5 Å². The van der Waals surface area contributed by atoms with Crippen molar-refractivity contribution in [2.75, 3.05) is 11.4 Å². The Balaban J connectivity index is 1.73. The van der Waals surface area contributed by atoms with Gasteiger partial charge in [0.15, 0.2) is 0 Å². The largest absolute Gasteiger partial charge is 0.383 e. The lowest BCUT2D eigenvalue weighted by Crippen LogP contribution is -2.50. The first-order chi connectivity index (χ1) is 11.4. The van der Waals surface area contributed by atoms with Gasteiger partial charge < -0.3 is 10.4 Å². The first-order valence-corrected chi connectivity index (χ1v) is 8.70. The highest BCUT2D eigenvalue weighted by atomic mass is 32.1. The molecule has 0 saturated carbocycles. The molecule has 0 bridgehead atoms. The molecule has 1 aromatic carbocycles. The molecule has 6 heteroatoms. The van der Waals surface area contributed by atoms with Crippen molar-refractivity contribution in [2.24, 2.45) is 0 Å². The smallest absolute Gasteiger partial charge is 0.243 e. The summed E-state index contributed by atoms with van der Waals surface area (Å²) in [5.41, 5.74) is 0.643. The van der Waals surface area contributed by atoms with Gasteiger partial charge >= 0.3 is 0 Å². The topological polar surface area (TPSA) is 69.6 Å². The van der Waals surface area contributed by atoms with Crippen LogP contribution in [0.4, 0.5) is 5.69 Å². The molecule has 0 fully saturated rings. The number of benzene rings is 1. The van der Waals surface area contributed by atoms with E-state index in [1.54, 1.807) is 6.92 Å². The average molecular weight is 344 g/mol. The summed E-state index contributed by atoms with van der Waals surface area (Å²) in [4.78, 5) is 27.0. The number of carbonyl (C=O) groups excluding carboxylic acids is 2. The fourth-order valence-electron chi connectivity index (χ4n) is 3.03. The molecular weight excluding hydrogens is 324 g/mol. The van der Waals surface area contributed by atoms with Crippen molar-refractivity contribution in [1.29, 1.82) is 0 Å². The maximum Gasteiger partial charge on any atom is 0.243 e. The number of aliphatic hydroxyl groups is 1. The molecule has 2 heterocycles. The van der Waals surface area contributed by atoms with Crippen LogP contribution in [0.3, 0.4) is 0 Å². The first-order valence-electron chi connectivity index (χ1n) is 7.82. The van der Waals surface area contributed by atoms with Crippen LogP contribution in [-0.2, 0) is 21.6 Å². The number of thiophene rings is 1. The lowest BCUT2D eigenvalue weighted by Gasteiger charge is -2.26. The van der Waals surface area contributed by atoms with Crippen molar-refractivity contribution < 1.29 is 14.7 Å². The van der Waals surface area contributed by atoms with Crippen molar-refractivity contribution in [3.05, 3.63) is 52.2 Å². The molecule has 0 saturated heterocycles. The Kier molecular flexibility index (Phi) is 4.43. The predicted octanol–water partition coefficient (Wildman–Crippen LogP) is 2.05. The molecule has 5 nitrogen and oxygen atoms in total. The third-order valence-electron chi connectivity index (χ3n) is 4.28. The molecular formula is C18H20N2O3S. The van der Waals surface area contributed by atoms with E-state index in [4.69, 9.17) is 0 Å². The highest BCUT2D eigenvalue weighted by Gasteiger charge is 2.37. The summed E-state index contributed by atoms with van der Waals surface area (Å²) in [6.07, 6.45) is 0.489. The van der Waals surface area contributed by atoms with E-state index in [9.17, 15) is 14.7 Å². The highest BCUT2D eigenvalue weighted by Crippen LogP contribution is 2.32. The van der Waals surface area contributed by atoms with E-state index in [0.29, 0.717) is 6.42 Å². The van der Waals surface area contributed by atoms with Crippen LogP contribution in [-0.4, -0.2) is 29.5 Å². The van der Waals surface area contributed by atoms with E-state index < -0.39 is 11.6 Å². The van der Waals surface area contributed by atoms with Gasteiger partial charge in [0.25, 0.3) is 0 Å². The normalized spacial score (nSPS) is 18.8. The summed E-state index contributed by atoms with van der Waals surface area (Å²) in [6.45, 7) is 3.24. The monoisotopic (exact) mass is 344 g/mol. The summed E-state index contributed by atoms with van der Waals surface area (Å²) < 4.78 is 0. The molecule has 2 aromatic rings. The predicted molar refractivity (Wildman–Crippen MR) is 94.0 cm³/mol. The molecule has 0 aliphatic carbocycles. The Morgan fingerprint density at radius 3 is 2.75 bits per heavy atom. The lowest BCUT2D eigenvalue weighted by molar-refractivity contribution is -0.126. The number of para-hydroxylation sites is 1. The molecule has 1 unspecified atom stereocenters. The van der Waals surface area contributed by atoms with Gasteiger partial charge in [-0.1, -0.05) is 24.3 Å².